The van der Waals surface area contributed by atoms with E-state index in [4.69, 9.17) is 16.3 Å². The molecule has 120 valence electrons. The van der Waals surface area contributed by atoms with Gasteiger partial charge in [-0.15, -0.1) is 0 Å². The molecule has 0 aliphatic carbocycles. The number of benzene rings is 2. The van der Waals surface area contributed by atoms with Crippen molar-refractivity contribution in [2.45, 2.75) is 6.92 Å². The van der Waals surface area contributed by atoms with E-state index in [0.717, 1.165) is 5.69 Å². The van der Waals surface area contributed by atoms with Crippen molar-refractivity contribution in [3.05, 3.63) is 83.1 Å². The van der Waals surface area contributed by atoms with Crippen molar-refractivity contribution in [1.29, 1.82) is 0 Å². The number of aryl methyl sites for hydroxylation is 1. The molecule has 0 radical (unpaired) electrons. The highest BCUT2D eigenvalue weighted by molar-refractivity contribution is 6.32. The van der Waals surface area contributed by atoms with Crippen LogP contribution in [0.1, 0.15) is 16.2 Å². The van der Waals surface area contributed by atoms with Gasteiger partial charge in [-0.05, 0) is 43.3 Å². The second kappa shape index (κ2) is 7.15. The molecule has 0 atom stereocenters. The van der Waals surface area contributed by atoms with Gasteiger partial charge in [0.2, 0.25) is 0 Å². The van der Waals surface area contributed by atoms with Gasteiger partial charge in [0.05, 0.1) is 10.7 Å². The topological polar surface area (TPSA) is 51.2 Å². The van der Waals surface area contributed by atoms with Crippen LogP contribution >= 0.6 is 11.6 Å². The van der Waals surface area contributed by atoms with Crippen molar-refractivity contribution in [3.63, 3.8) is 0 Å². The van der Waals surface area contributed by atoms with Crippen LogP contribution in [0, 0.1) is 6.92 Å². The zero-order valence-electron chi connectivity index (χ0n) is 13.0. The molecule has 24 heavy (non-hydrogen) atoms. The highest BCUT2D eigenvalue weighted by Gasteiger charge is 2.12. The molecule has 0 bridgehead atoms. The van der Waals surface area contributed by atoms with E-state index in [9.17, 15) is 4.79 Å². The van der Waals surface area contributed by atoms with Gasteiger partial charge < -0.3 is 10.1 Å². The fourth-order valence-corrected chi connectivity index (χ4v) is 2.34. The molecule has 2 aromatic carbocycles. The van der Waals surface area contributed by atoms with Gasteiger partial charge >= 0.3 is 0 Å². The zero-order chi connectivity index (χ0) is 16.9. The predicted molar refractivity (Wildman–Crippen MR) is 94.9 cm³/mol. The summed E-state index contributed by atoms with van der Waals surface area (Å²) in [6, 6.07) is 19.6. The van der Waals surface area contributed by atoms with Gasteiger partial charge in [0.15, 0.2) is 5.75 Å². The summed E-state index contributed by atoms with van der Waals surface area (Å²) in [6.45, 7) is 1.84. The third-order valence-corrected chi connectivity index (χ3v) is 3.63. The van der Waals surface area contributed by atoms with Gasteiger partial charge in [0.1, 0.15) is 11.4 Å². The Balaban J connectivity index is 1.84. The van der Waals surface area contributed by atoms with Gasteiger partial charge in [0, 0.05) is 5.69 Å². The third kappa shape index (κ3) is 3.73. The molecule has 3 rings (SSSR count). The smallest absolute Gasteiger partial charge is 0.274 e. The number of nitrogens with one attached hydrogen (secondary N) is 1. The lowest BCUT2D eigenvalue weighted by Gasteiger charge is -2.13. The average Bonchev–Trinajstić information content (AvgIpc) is 2.58. The van der Waals surface area contributed by atoms with Crippen molar-refractivity contribution >= 4 is 23.2 Å². The number of nitrogens with zero attached hydrogens (tertiary/aromatic N) is 1. The third-order valence-electron chi connectivity index (χ3n) is 3.31. The van der Waals surface area contributed by atoms with Crippen molar-refractivity contribution in [1.82, 2.24) is 4.98 Å². The summed E-state index contributed by atoms with van der Waals surface area (Å²) in [5.74, 6) is 0.732. The van der Waals surface area contributed by atoms with Gasteiger partial charge in [-0.2, -0.15) is 0 Å². The summed E-state index contributed by atoms with van der Waals surface area (Å²) < 4.78 is 5.83. The van der Waals surface area contributed by atoms with E-state index in [1.807, 2.05) is 37.3 Å². The van der Waals surface area contributed by atoms with Crippen LogP contribution in [0.3, 0.4) is 0 Å². The Labute approximate surface area is 145 Å². The lowest BCUT2D eigenvalue weighted by molar-refractivity contribution is 0.102. The van der Waals surface area contributed by atoms with Crippen LogP contribution in [0.5, 0.6) is 11.5 Å². The monoisotopic (exact) mass is 338 g/mol. The number of anilines is 1. The molecule has 5 heteroatoms. The van der Waals surface area contributed by atoms with E-state index in [2.05, 4.69) is 10.3 Å². The molecule has 0 aliphatic heterocycles. The minimum atomic E-state index is -0.297. The minimum absolute atomic E-state index is 0.297. The van der Waals surface area contributed by atoms with Gasteiger partial charge in [0.25, 0.3) is 5.91 Å². The first kappa shape index (κ1) is 16.0. The number of ether oxygens (including phenoxy) is 1. The number of rotatable bonds is 4. The van der Waals surface area contributed by atoms with Gasteiger partial charge in [-0.3, -0.25) is 4.79 Å². The summed E-state index contributed by atoms with van der Waals surface area (Å²) in [4.78, 5) is 16.6. The number of aromatic nitrogens is 1. The fourth-order valence-electron chi connectivity index (χ4n) is 2.16. The number of carbonyl (C=O) groups is 1. The molecule has 1 aromatic heterocycles. The van der Waals surface area contributed by atoms with Crippen LogP contribution in [-0.2, 0) is 0 Å². The molecule has 4 nitrogen and oxygen atoms in total. The molecule has 0 spiro atoms. The van der Waals surface area contributed by atoms with Gasteiger partial charge in [-0.1, -0.05) is 41.9 Å². The Morgan fingerprint density at radius 2 is 1.67 bits per heavy atom. The second-order valence-corrected chi connectivity index (χ2v) is 5.55. The highest BCUT2D eigenvalue weighted by atomic mass is 35.5. The molecular weight excluding hydrogens is 324 g/mol. The first-order valence-corrected chi connectivity index (χ1v) is 7.78. The van der Waals surface area contributed by atoms with Crippen molar-refractivity contribution < 1.29 is 9.53 Å². The predicted octanol–water partition coefficient (Wildman–Crippen LogP) is 5.09. The molecule has 1 N–H and O–H groups in total. The van der Waals surface area contributed by atoms with Crippen LogP contribution in [0.4, 0.5) is 5.69 Å². The molecular formula is C19H15ClN2O2. The maximum absolute atomic E-state index is 12.4. The van der Waals surface area contributed by atoms with Crippen LogP contribution in [0.2, 0.25) is 5.02 Å². The molecule has 0 unspecified atom stereocenters. The molecule has 0 saturated carbocycles. The maximum Gasteiger partial charge on any atom is 0.274 e. The van der Waals surface area contributed by atoms with Crippen LogP contribution in [0.25, 0.3) is 0 Å². The van der Waals surface area contributed by atoms with E-state index < -0.39 is 0 Å². The van der Waals surface area contributed by atoms with Crippen LogP contribution in [-0.4, -0.2) is 10.9 Å². The number of halogens is 1. The van der Waals surface area contributed by atoms with Crippen molar-refractivity contribution in [2.75, 3.05) is 5.32 Å². The van der Waals surface area contributed by atoms with E-state index in [-0.39, 0.29) is 5.91 Å². The van der Waals surface area contributed by atoms with Crippen molar-refractivity contribution in [3.8, 4) is 11.5 Å². The van der Waals surface area contributed by atoms with Crippen LogP contribution in [0.15, 0.2) is 66.7 Å². The van der Waals surface area contributed by atoms with E-state index >= 15 is 0 Å². The summed E-state index contributed by atoms with van der Waals surface area (Å²) in [5, 5.41) is 3.32. The summed E-state index contributed by atoms with van der Waals surface area (Å²) in [6.07, 6.45) is 0. The quantitative estimate of drug-likeness (QED) is 0.721. The Hall–Kier alpha value is -2.85. The minimum Gasteiger partial charge on any atom is -0.454 e. The zero-order valence-corrected chi connectivity index (χ0v) is 13.7. The molecule has 0 aliphatic rings. The standard InChI is InChI=1S/C19H15ClN2O2/c1-13-7-6-10-16(21-13)19(23)22-15-9-3-5-12-18(15)24-17-11-4-2-8-14(17)20/h2-12H,1H3,(H,22,23). The lowest BCUT2D eigenvalue weighted by Crippen LogP contribution is -2.14. The average molecular weight is 339 g/mol. The fraction of sp³-hybridized carbons (Fsp3) is 0.0526. The van der Waals surface area contributed by atoms with E-state index in [1.165, 1.54) is 0 Å². The number of amides is 1. The first-order chi connectivity index (χ1) is 11.6. The lowest BCUT2D eigenvalue weighted by atomic mass is 10.2. The Kier molecular flexibility index (Phi) is 4.77. The highest BCUT2D eigenvalue weighted by Crippen LogP contribution is 2.33. The number of hydrogen-bond acceptors (Lipinski definition) is 3. The molecule has 3 aromatic rings. The normalized spacial score (nSPS) is 10.2. The Bertz CT molecular complexity index is 881. The number of hydrogen-bond donors (Lipinski definition) is 1. The second-order valence-electron chi connectivity index (χ2n) is 5.15. The van der Waals surface area contributed by atoms with Crippen molar-refractivity contribution in [2.24, 2.45) is 0 Å². The molecule has 0 fully saturated rings. The first-order valence-electron chi connectivity index (χ1n) is 7.40. The Morgan fingerprint density at radius 3 is 2.42 bits per heavy atom. The number of carbonyl (C=O) groups excluding carboxylic acids is 1. The van der Waals surface area contributed by atoms with E-state index in [1.54, 1.807) is 36.4 Å². The molecule has 1 heterocycles. The molecule has 0 saturated heterocycles. The maximum atomic E-state index is 12.4. The number of pyridine rings is 1. The molecule has 1 amide bonds. The SMILES string of the molecule is Cc1cccc(C(=O)Nc2ccccc2Oc2ccccc2Cl)n1. The van der Waals surface area contributed by atoms with E-state index in [0.29, 0.717) is 27.9 Å². The van der Waals surface area contributed by atoms with Crippen LogP contribution < -0.4 is 10.1 Å². The summed E-state index contributed by atoms with van der Waals surface area (Å²) in [5.41, 5.74) is 1.68. The summed E-state index contributed by atoms with van der Waals surface area (Å²) in [7, 11) is 0. The largest absolute Gasteiger partial charge is 0.454 e. The Morgan fingerprint density at radius 1 is 0.958 bits per heavy atom. The number of para-hydroxylation sites is 3. The van der Waals surface area contributed by atoms with Gasteiger partial charge in [-0.25, -0.2) is 4.98 Å². The summed E-state index contributed by atoms with van der Waals surface area (Å²) >= 11 is 6.12.